The Kier molecular flexibility index (Phi) is 2.98. The molecule has 1 rings (SSSR count). The number of anilines is 1. The molecule has 0 fully saturated rings. The first-order valence-corrected chi connectivity index (χ1v) is 3.79. The maximum Gasteiger partial charge on any atom is 0.380 e. The summed E-state index contributed by atoms with van der Waals surface area (Å²) in [5, 5.41) is 8.22. The van der Waals surface area contributed by atoms with Gasteiger partial charge in [0.15, 0.2) is 5.03 Å². The van der Waals surface area contributed by atoms with E-state index in [2.05, 4.69) is 0 Å². The molecule has 1 amide bonds. The van der Waals surface area contributed by atoms with Gasteiger partial charge in [-0.15, -0.1) is 0 Å². The summed E-state index contributed by atoms with van der Waals surface area (Å²) < 4.78 is 12.4. The van der Waals surface area contributed by atoms with E-state index in [1.165, 1.54) is 0 Å². The van der Waals surface area contributed by atoms with Gasteiger partial charge in [0.1, 0.15) is 11.5 Å². The molecule has 0 N–H and O–H groups in total. The molecule has 0 aliphatic rings. The molecule has 0 saturated carbocycles. The van der Waals surface area contributed by atoms with Crippen molar-refractivity contribution in [1.29, 1.82) is 0 Å². The third kappa shape index (κ3) is 2.17. The molecule has 5 nitrogen and oxygen atoms in total. The van der Waals surface area contributed by atoms with Crippen LogP contribution in [0.3, 0.4) is 0 Å². The molecule has 14 heavy (non-hydrogen) atoms. The Hall–Kier alpha value is -1.69. The number of rotatable bonds is 2. The van der Waals surface area contributed by atoms with E-state index in [9.17, 15) is 19.3 Å². The van der Waals surface area contributed by atoms with Gasteiger partial charge in [-0.2, -0.15) is 0 Å². The fourth-order valence-electron chi connectivity index (χ4n) is 0.842. The van der Waals surface area contributed by atoms with E-state index in [0.717, 1.165) is 24.3 Å². The van der Waals surface area contributed by atoms with Crippen molar-refractivity contribution in [3.63, 3.8) is 0 Å². The van der Waals surface area contributed by atoms with Crippen molar-refractivity contribution in [2.75, 3.05) is 5.01 Å². The van der Waals surface area contributed by atoms with Crippen molar-refractivity contribution >= 4 is 22.7 Å². The minimum Gasteiger partial charge on any atom is -0.249 e. The summed E-state index contributed by atoms with van der Waals surface area (Å²) in [6, 6.07) is 4.15. The quantitative estimate of drug-likeness (QED) is 0.331. The van der Waals surface area contributed by atoms with Crippen LogP contribution < -0.4 is 5.01 Å². The van der Waals surface area contributed by atoms with Crippen LogP contribution >= 0.6 is 11.6 Å². The van der Waals surface area contributed by atoms with Crippen LogP contribution in [0.4, 0.5) is 14.9 Å². The van der Waals surface area contributed by atoms with Gasteiger partial charge in [0, 0.05) is 0 Å². The number of carbonyl (C=O) groups excluding carboxylic acids is 1. The lowest BCUT2D eigenvalue weighted by atomic mass is 10.3. The lowest BCUT2D eigenvalue weighted by Gasteiger charge is -2.07. The number of hydrogen-bond acceptors (Lipinski definition) is 3. The molecule has 0 atom stereocenters. The summed E-state index contributed by atoms with van der Waals surface area (Å²) in [5.41, 5.74) is -0.101. The van der Waals surface area contributed by atoms with Crippen molar-refractivity contribution in [2.24, 2.45) is 0 Å². The summed E-state index contributed by atoms with van der Waals surface area (Å²) in [7, 11) is 0. The van der Waals surface area contributed by atoms with Gasteiger partial charge < -0.3 is 0 Å². The molecular weight excluding hydrogens is 215 g/mol. The first kappa shape index (κ1) is 10.4. The maximum absolute atomic E-state index is 12.4. The van der Waals surface area contributed by atoms with E-state index < -0.39 is 16.2 Å². The monoisotopic (exact) mass is 218 g/mol. The van der Waals surface area contributed by atoms with Crippen LogP contribution in [0.5, 0.6) is 0 Å². The molecule has 0 heterocycles. The lowest BCUT2D eigenvalue weighted by Crippen LogP contribution is -2.31. The minimum absolute atomic E-state index is 0.101. The fourth-order valence-corrected chi connectivity index (χ4v) is 1.00. The molecule has 74 valence electrons. The van der Waals surface area contributed by atoms with E-state index in [0.29, 0.717) is 0 Å². The van der Waals surface area contributed by atoms with E-state index in [1.807, 2.05) is 0 Å². The van der Waals surface area contributed by atoms with Crippen LogP contribution in [0.2, 0.25) is 0 Å². The highest BCUT2D eigenvalue weighted by Crippen LogP contribution is 2.16. The highest BCUT2D eigenvalue weighted by atomic mass is 35.5. The lowest BCUT2D eigenvalue weighted by molar-refractivity contribution is -0.480. The van der Waals surface area contributed by atoms with E-state index in [1.54, 1.807) is 0 Å². The topological polar surface area (TPSA) is 63.5 Å². The highest BCUT2D eigenvalue weighted by Gasteiger charge is 2.24. The number of hydrazine groups is 1. The molecule has 1 aromatic carbocycles. The second-order valence-corrected chi connectivity index (χ2v) is 2.60. The van der Waals surface area contributed by atoms with Gasteiger partial charge >= 0.3 is 5.37 Å². The molecule has 0 aromatic heterocycles. The first-order valence-electron chi connectivity index (χ1n) is 3.42. The largest absolute Gasteiger partial charge is 0.380 e. The second-order valence-electron chi connectivity index (χ2n) is 2.28. The number of benzene rings is 1. The van der Waals surface area contributed by atoms with Gasteiger partial charge in [-0.05, 0) is 40.9 Å². The highest BCUT2D eigenvalue weighted by molar-refractivity contribution is 6.65. The molecule has 0 unspecified atom stereocenters. The summed E-state index contributed by atoms with van der Waals surface area (Å²) in [4.78, 5) is 21.0. The number of nitro groups is 1. The average Bonchev–Trinajstić information content (AvgIpc) is 2.07. The predicted molar refractivity (Wildman–Crippen MR) is 47.1 cm³/mol. The number of nitrogens with zero attached hydrogens (tertiary/aromatic N) is 2. The molecular formula is C7H4ClFN2O3. The summed E-state index contributed by atoms with van der Waals surface area (Å²) in [5.74, 6) is -0.556. The second kappa shape index (κ2) is 4.01. The SMILES string of the molecule is O=C(Cl)N(c1ccc(F)cc1)[N+](=O)[O-]. The Morgan fingerprint density at radius 3 is 2.29 bits per heavy atom. The molecule has 0 bridgehead atoms. The van der Waals surface area contributed by atoms with E-state index >= 15 is 0 Å². The Morgan fingerprint density at radius 1 is 1.43 bits per heavy atom. The van der Waals surface area contributed by atoms with Crippen molar-refractivity contribution in [3.05, 3.63) is 40.2 Å². The zero-order valence-electron chi connectivity index (χ0n) is 6.68. The van der Waals surface area contributed by atoms with Crippen molar-refractivity contribution in [1.82, 2.24) is 0 Å². The Balaban J connectivity index is 3.06. The van der Waals surface area contributed by atoms with Crippen LogP contribution in [-0.2, 0) is 0 Å². The van der Waals surface area contributed by atoms with Gasteiger partial charge in [-0.1, -0.05) is 0 Å². The van der Waals surface area contributed by atoms with E-state index in [-0.39, 0.29) is 10.7 Å². The van der Waals surface area contributed by atoms with Crippen LogP contribution in [0.1, 0.15) is 0 Å². The fraction of sp³-hybridized carbons (Fsp3) is 0. The van der Waals surface area contributed by atoms with Crippen molar-refractivity contribution in [3.8, 4) is 0 Å². The van der Waals surface area contributed by atoms with Crippen LogP contribution in [-0.4, -0.2) is 10.4 Å². The zero-order chi connectivity index (χ0) is 10.7. The van der Waals surface area contributed by atoms with Crippen LogP contribution in [0.25, 0.3) is 0 Å². The molecule has 0 aliphatic heterocycles. The molecule has 0 spiro atoms. The van der Waals surface area contributed by atoms with Gasteiger partial charge in [0.25, 0.3) is 0 Å². The minimum atomic E-state index is -1.26. The Morgan fingerprint density at radius 2 is 1.93 bits per heavy atom. The summed E-state index contributed by atoms with van der Waals surface area (Å²) >= 11 is 4.96. The zero-order valence-corrected chi connectivity index (χ0v) is 7.44. The van der Waals surface area contributed by atoms with Gasteiger partial charge in [0.2, 0.25) is 0 Å². The number of hydrogen-bond donors (Lipinski definition) is 0. The number of amides is 1. The average molecular weight is 219 g/mol. The van der Waals surface area contributed by atoms with Crippen LogP contribution in [0.15, 0.2) is 24.3 Å². The Bertz CT molecular complexity index is 354. The van der Waals surface area contributed by atoms with Crippen LogP contribution in [0, 0.1) is 15.9 Å². The van der Waals surface area contributed by atoms with E-state index in [4.69, 9.17) is 11.6 Å². The van der Waals surface area contributed by atoms with Crippen molar-refractivity contribution in [2.45, 2.75) is 0 Å². The van der Waals surface area contributed by atoms with Gasteiger partial charge in [-0.3, -0.25) is 0 Å². The summed E-state index contributed by atoms with van der Waals surface area (Å²) in [6.45, 7) is 0. The molecule has 0 saturated heterocycles. The van der Waals surface area contributed by atoms with Gasteiger partial charge in [0.05, 0.1) is 0 Å². The molecule has 0 aliphatic carbocycles. The number of halogens is 2. The number of carbonyl (C=O) groups is 1. The molecule has 1 aromatic rings. The van der Waals surface area contributed by atoms with Gasteiger partial charge in [-0.25, -0.2) is 19.3 Å². The maximum atomic E-state index is 12.4. The molecule has 0 radical (unpaired) electrons. The van der Waals surface area contributed by atoms with Crippen molar-refractivity contribution < 1.29 is 14.2 Å². The first-order chi connectivity index (χ1) is 6.52. The standard InChI is InChI=1S/C7H4ClFN2O3/c8-7(12)10(11(13)14)6-3-1-5(9)2-4-6/h1-4H. The summed E-state index contributed by atoms with van der Waals surface area (Å²) in [6.07, 6.45) is 0. The Labute approximate surface area is 82.8 Å². The smallest absolute Gasteiger partial charge is 0.249 e. The third-order valence-corrected chi connectivity index (χ3v) is 1.56. The molecule has 7 heteroatoms. The predicted octanol–water partition coefficient (Wildman–Crippen LogP) is 2.18. The third-order valence-electron chi connectivity index (χ3n) is 1.40. The normalized spacial score (nSPS) is 9.57.